The Bertz CT molecular complexity index is 980. The number of nitrogens with two attached hydrogens (primary N) is 1. The fourth-order valence-electron chi connectivity index (χ4n) is 4.42. The van der Waals surface area contributed by atoms with Crippen molar-refractivity contribution in [2.75, 3.05) is 0 Å². The summed E-state index contributed by atoms with van der Waals surface area (Å²) in [6, 6.07) is 6.36. The van der Waals surface area contributed by atoms with Gasteiger partial charge in [0.2, 0.25) is 0 Å². The van der Waals surface area contributed by atoms with Gasteiger partial charge in [-0.05, 0) is 62.3 Å². The third kappa shape index (κ3) is 2.78. The Balaban J connectivity index is 1.62. The van der Waals surface area contributed by atoms with Crippen LogP contribution in [0.2, 0.25) is 0 Å². The first-order valence-electron chi connectivity index (χ1n) is 9.63. The lowest BCUT2D eigenvalue weighted by molar-refractivity contribution is 0.163. The summed E-state index contributed by atoms with van der Waals surface area (Å²) in [6.45, 7) is 1.97. The van der Waals surface area contributed by atoms with Crippen LogP contribution in [0.5, 0.6) is 0 Å². The van der Waals surface area contributed by atoms with E-state index in [1.807, 2.05) is 11.6 Å². The van der Waals surface area contributed by atoms with Crippen LogP contribution in [-0.2, 0) is 12.8 Å². The van der Waals surface area contributed by atoms with Crippen LogP contribution in [0.25, 0.3) is 17.1 Å². The molecule has 3 aromatic rings. The van der Waals surface area contributed by atoms with Crippen LogP contribution in [0.15, 0.2) is 24.4 Å². The SMILES string of the molecule is Cc1[nH]ncc1-c1nc([C@H]2C[C@H](N)[C@@H](O)C2)n(-c2ccc3c(c2)CCC3)n1. The van der Waals surface area contributed by atoms with E-state index in [1.54, 1.807) is 6.20 Å². The zero-order chi connectivity index (χ0) is 18.5. The van der Waals surface area contributed by atoms with Gasteiger partial charge in [0, 0.05) is 17.7 Å². The molecule has 2 aliphatic carbocycles. The molecule has 0 unspecified atom stereocenters. The molecule has 3 atom stereocenters. The Morgan fingerprint density at radius 2 is 2.07 bits per heavy atom. The van der Waals surface area contributed by atoms with Gasteiger partial charge in [0.25, 0.3) is 0 Å². The molecule has 0 radical (unpaired) electrons. The minimum absolute atomic E-state index is 0.0942. The van der Waals surface area contributed by atoms with Gasteiger partial charge in [-0.3, -0.25) is 5.10 Å². The van der Waals surface area contributed by atoms with Crippen LogP contribution < -0.4 is 5.73 Å². The smallest absolute Gasteiger partial charge is 0.185 e. The average Bonchev–Trinajstić information content (AvgIpc) is 3.41. The van der Waals surface area contributed by atoms with Gasteiger partial charge in [-0.2, -0.15) is 5.10 Å². The lowest BCUT2D eigenvalue weighted by Gasteiger charge is -2.12. The molecule has 0 spiro atoms. The highest BCUT2D eigenvalue weighted by atomic mass is 16.3. The third-order valence-corrected chi connectivity index (χ3v) is 5.97. The van der Waals surface area contributed by atoms with Gasteiger partial charge in [-0.1, -0.05) is 6.07 Å². The molecule has 1 saturated carbocycles. The Kier molecular flexibility index (Phi) is 3.87. The maximum atomic E-state index is 10.2. The van der Waals surface area contributed by atoms with E-state index in [2.05, 4.69) is 28.4 Å². The average molecular weight is 364 g/mol. The number of nitrogens with one attached hydrogen (secondary N) is 1. The number of nitrogens with zero attached hydrogens (tertiary/aromatic N) is 4. The largest absolute Gasteiger partial charge is 0.391 e. The maximum absolute atomic E-state index is 10.2. The van der Waals surface area contributed by atoms with E-state index in [-0.39, 0.29) is 12.0 Å². The number of hydrogen-bond acceptors (Lipinski definition) is 5. The molecule has 0 saturated heterocycles. The molecule has 2 heterocycles. The molecule has 1 fully saturated rings. The number of H-pyrrole nitrogens is 1. The molecule has 1 aromatic carbocycles. The third-order valence-electron chi connectivity index (χ3n) is 5.97. The lowest BCUT2D eigenvalue weighted by Crippen LogP contribution is -2.28. The van der Waals surface area contributed by atoms with Gasteiger partial charge < -0.3 is 10.8 Å². The normalized spacial score (nSPS) is 24.5. The van der Waals surface area contributed by atoms with E-state index in [9.17, 15) is 5.11 Å². The quantitative estimate of drug-likeness (QED) is 0.659. The Morgan fingerprint density at radius 3 is 2.81 bits per heavy atom. The minimum Gasteiger partial charge on any atom is -0.391 e. The van der Waals surface area contributed by atoms with Crippen LogP contribution >= 0.6 is 0 Å². The number of benzene rings is 1. The summed E-state index contributed by atoms with van der Waals surface area (Å²) < 4.78 is 1.94. The summed E-state index contributed by atoms with van der Waals surface area (Å²) in [6.07, 6.45) is 6.10. The predicted octanol–water partition coefficient (Wildman–Crippen LogP) is 2.02. The molecule has 140 valence electrons. The fraction of sp³-hybridized carbons (Fsp3) is 0.450. The first-order chi connectivity index (χ1) is 13.1. The monoisotopic (exact) mass is 364 g/mol. The van der Waals surface area contributed by atoms with E-state index in [0.29, 0.717) is 18.7 Å². The predicted molar refractivity (Wildman–Crippen MR) is 102 cm³/mol. The Labute approximate surface area is 157 Å². The molecule has 2 aromatic heterocycles. The van der Waals surface area contributed by atoms with Crippen LogP contribution in [-0.4, -0.2) is 42.2 Å². The second-order valence-electron chi connectivity index (χ2n) is 7.82. The van der Waals surface area contributed by atoms with Crippen molar-refractivity contribution >= 4 is 0 Å². The molecular weight excluding hydrogens is 340 g/mol. The van der Waals surface area contributed by atoms with Crippen molar-refractivity contribution in [3.63, 3.8) is 0 Å². The van der Waals surface area contributed by atoms with E-state index in [0.717, 1.165) is 35.6 Å². The number of aryl methyl sites for hydroxylation is 3. The van der Waals surface area contributed by atoms with Crippen molar-refractivity contribution in [3.05, 3.63) is 47.0 Å². The van der Waals surface area contributed by atoms with E-state index < -0.39 is 6.10 Å². The highest BCUT2D eigenvalue weighted by Gasteiger charge is 2.35. The van der Waals surface area contributed by atoms with Gasteiger partial charge in [0.15, 0.2) is 5.82 Å². The Hall–Kier alpha value is -2.51. The van der Waals surface area contributed by atoms with Crippen molar-refractivity contribution in [2.45, 2.75) is 57.1 Å². The highest BCUT2D eigenvalue weighted by Crippen LogP contribution is 2.36. The van der Waals surface area contributed by atoms with Crippen LogP contribution in [0.4, 0.5) is 0 Å². The summed E-state index contributed by atoms with van der Waals surface area (Å²) in [5.74, 6) is 1.62. The lowest BCUT2D eigenvalue weighted by atomic mass is 10.1. The van der Waals surface area contributed by atoms with Gasteiger partial charge in [0.05, 0.1) is 23.6 Å². The first-order valence-corrected chi connectivity index (χ1v) is 9.63. The second kappa shape index (κ2) is 6.28. The number of aliphatic hydroxyl groups excluding tert-OH is 1. The molecule has 7 heteroatoms. The molecule has 7 nitrogen and oxygen atoms in total. The number of hydrogen-bond donors (Lipinski definition) is 3. The number of aromatic nitrogens is 5. The van der Waals surface area contributed by atoms with E-state index in [1.165, 1.54) is 17.5 Å². The summed E-state index contributed by atoms with van der Waals surface area (Å²) in [7, 11) is 0. The molecule has 4 N–H and O–H groups in total. The number of aliphatic hydroxyl groups is 1. The van der Waals surface area contributed by atoms with Crippen LogP contribution in [0.3, 0.4) is 0 Å². The van der Waals surface area contributed by atoms with Crippen molar-refractivity contribution in [1.82, 2.24) is 25.0 Å². The second-order valence-corrected chi connectivity index (χ2v) is 7.82. The Morgan fingerprint density at radius 1 is 1.22 bits per heavy atom. The molecule has 0 amide bonds. The number of rotatable bonds is 3. The molecule has 0 aliphatic heterocycles. The molecular formula is C20H24N6O. The van der Waals surface area contributed by atoms with Gasteiger partial charge in [0.1, 0.15) is 5.82 Å². The molecule has 27 heavy (non-hydrogen) atoms. The molecule has 5 rings (SSSR count). The maximum Gasteiger partial charge on any atom is 0.185 e. The zero-order valence-electron chi connectivity index (χ0n) is 15.4. The fourth-order valence-corrected chi connectivity index (χ4v) is 4.42. The van der Waals surface area contributed by atoms with E-state index in [4.69, 9.17) is 15.8 Å². The summed E-state index contributed by atoms with van der Waals surface area (Å²) in [5, 5.41) is 22.0. The van der Waals surface area contributed by atoms with Gasteiger partial charge in [-0.25, -0.2) is 9.67 Å². The highest BCUT2D eigenvalue weighted by molar-refractivity contribution is 5.57. The van der Waals surface area contributed by atoms with Crippen molar-refractivity contribution in [3.8, 4) is 17.1 Å². The van der Waals surface area contributed by atoms with Crippen LogP contribution in [0.1, 0.15) is 47.8 Å². The standard InChI is InChI=1S/C20H24N6O/c1-11-16(10-22-24-11)19-23-20(14-8-17(21)18(27)9-14)26(25-19)15-6-5-12-3-2-4-13(12)7-15/h5-7,10,14,17-18,27H,2-4,8-9,21H2,1H3,(H,22,24)/t14-,17-,18-/m0/s1. The summed E-state index contributed by atoms with van der Waals surface area (Å²) in [5.41, 5.74) is 11.8. The van der Waals surface area contributed by atoms with Crippen molar-refractivity contribution in [2.24, 2.45) is 5.73 Å². The summed E-state index contributed by atoms with van der Waals surface area (Å²) >= 11 is 0. The molecule has 0 bridgehead atoms. The van der Waals surface area contributed by atoms with Gasteiger partial charge >= 0.3 is 0 Å². The molecule has 2 aliphatic rings. The topological polar surface area (TPSA) is 106 Å². The van der Waals surface area contributed by atoms with Gasteiger partial charge in [-0.15, -0.1) is 5.10 Å². The van der Waals surface area contributed by atoms with Crippen LogP contribution in [0, 0.1) is 6.92 Å². The van der Waals surface area contributed by atoms with Crippen molar-refractivity contribution in [1.29, 1.82) is 0 Å². The number of aromatic amines is 1. The first kappa shape index (κ1) is 16.6. The van der Waals surface area contributed by atoms with Crippen molar-refractivity contribution < 1.29 is 5.11 Å². The number of fused-ring (bicyclic) bond motifs is 1. The zero-order valence-corrected chi connectivity index (χ0v) is 15.4. The summed E-state index contributed by atoms with van der Waals surface area (Å²) in [4.78, 5) is 4.86. The van der Waals surface area contributed by atoms with E-state index >= 15 is 0 Å². The minimum atomic E-state index is -0.487.